The number of halogens is 2. The van der Waals surface area contributed by atoms with Crippen LogP contribution in [-0.2, 0) is 24.6 Å². The Morgan fingerprint density at radius 1 is 0.841 bits per heavy atom. The number of carbonyl (C=O) groups is 4. The van der Waals surface area contributed by atoms with Crippen molar-refractivity contribution in [2.24, 2.45) is 39.8 Å². The normalized spacial score (nSPS) is 24.1. The number of fused-ring (bicyclic) bond motifs is 4. The van der Waals surface area contributed by atoms with Crippen molar-refractivity contribution in [3.05, 3.63) is 155 Å². The Kier molecular flexibility index (Phi) is 10.7. The van der Waals surface area contributed by atoms with E-state index < -0.39 is 52.6 Å². The number of rotatable bonds is 10. The number of azo groups is 1. The van der Waals surface area contributed by atoms with Gasteiger partial charge in [-0.3, -0.25) is 29.5 Å². The molecule has 14 heteroatoms. The lowest BCUT2D eigenvalue weighted by Gasteiger charge is -2.49. The standard InChI is InChI=1S/C49H42ClFN6O6/c1-55(2)35-18-14-32(15-19-35)52-53-33-16-20-36(21-17-33)56-45(59)38-23-22-37-39(44(38)47(56)61)27-41-46(60)57(54-34-12-10-31(51)11-13-34)48(62)49(41,29-6-8-30(50)9-7-29)40(37)24-4-28-5-25-42(58)43(26-28)63-3/h4-22,24-26,38-41,44,54,58H,23,27H2,1-3H3. The number of ether oxygens (including phenoxy) is 1. The van der Waals surface area contributed by atoms with Crippen LogP contribution in [0.15, 0.2) is 143 Å². The molecule has 2 N–H and O–H groups in total. The van der Waals surface area contributed by atoms with Gasteiger partial charge in [0.25, 0.3) is 11.8 Å². The molecular weight excluding hydrogens is 823 g/mol. The van der Waals surface area contributed by atoms with E-state index in [4.69, 9.17) is 16.3 Å². The van der Waals surface area contributed by atoms with E-state index in [0.717, 1.165) is 16.3 Å². The molecule has 0 radical (unpaired) electrons. The first-order valence-corrected chi connectivity index (χ1v) is 20.9. The molecular formula is C49H42ClFN6O6. The number of phenolic OH excluding ortho intramolecular Hbond substituents is 1. The van der Waals surface area contributed by atoms with Crippen molar-refractivity contribution in [1.82, 2.24) is 5.01 Å². The summed E-state index contributed by atoms with van der Waals surface area (Å²) in [5, 5.41) is 20.5. The van der Waals surface area contributed by atoms with Gasteiger partial charge in [0.2, 0.25) is 11.8 Å². The Bertz CT molecular complexity index is 2720. The Morgan fingerprint density at radius 2 is 1.51 bits per heavy atom. The van der Waals surface area contributed by atoms with Crippen molar-refractivity contribution in [1.29, 1.82) is 0 Å². The third-order valence-corrected chi connectivity index (χ3v) is 13.0. The number of anilines is 3. The van der Waals surface area contributed by atoms with Crippen LogP contribution in [0.3, 0.4) is 0 Å². The number of nitrogens with one attached hydrogen (secondary N) is 1. The number of hydrogen-bond donors (Lipinski definition) is 2. The molecule has 2 aliphatic carbocycles. The second kappa shape index (κ2) is 16.3. The van der Waals surface area contributed by atoms with Gasteiger partial charge in [-0.15, -0.1) is 0 Å². The van der Waals surface area contributed by atoms with E-state index in [1.807, 2.05) is 55.4 Å². The second-order valence-electron chi connectivity index (χ2n) is 16.3. The van der Waals surface area contributed by atoms with Crippen molar-refractivity contribution < 1.29 is 33.4 Å². The van der Waals surface area contributed by atoms with Crippen molar-refractivity contribution in [2.75, 3.05) is 36.4 Å². The van der Waals surface area contributed by atoms with E-state index in [0.29, 0.717) is 38.9 Å². The molecule has 0 spiro atoms. The Labute approximate surface area is 367 Å². The Morgan fingerprint density at radius 3 is 2.16 bits per heavy atom. The average molecular weight is 865 g/mol. The molecule has 9 rings (SSSR count). The van der Waals surface area contributed by atoms with Crippen LogP contribution in [0.25, 0.3) is 6.08 Å². The molecule has 2 saturated heterocycles. The van der Waals surface area contributed by atoms with Crippen LogP contribution in [0.5, 0.6) is 11.5 Å². The Hall–Kier alpha value is -7.12. The average Bonchev–Trinajstić information content (AvgIpc) is 3.67. The van der Waals surface area contributed by atoms with Crippen LogP contribution >= 0.6 is 11.6 Å². The van der Waals surface area contributed by atoms with Gasteiger partial charge < -0.3 is 14.7 Å². The molecule has 1 saturated carbocycles. The first-order chi connectivity index (χ1) is 30.4. The molecule has 3 fully saturated rings. The van der Waals surface area contributed by atoms with Crippen molar-refractivity contribution in [2.45, 2.75) is 18.3 Å². The summed E-state index contributed by atoms with van der Waals surface area (Å²) in [5.74, 6) is -6.04. The predicted octanol–water partition coefficient (Wildman–Crippen LogP) is 9.41. The van der Waals surface area contributed by atoms with E-state index in [1.165, 1.54) is 42.3 Å². The summed E-state index contributed by atoms with van der Waals surface area (Å²) in [6, 6.07) is 31.4. The minimum Gasteiger partial charge on any atom is -0.504 e. The van der Waals surface area contributed by atoms with E-state index in [9.17, 15) is 23.9 Å². The van der Waals surface area contributed by atoms with E-state index in [1.54, 1.807) is 66.7 Å². The number of methoxy groups -OCH3 is 1. The summed E-state index contributed by atoms with van der Waals surface area (Å²) in [4.78, 5) is 62.5. The van der Waals surface area contributed by atoms with Gasteiger partial charge in [-0.1, -0.05) is 53.6 Å². The van der Waals surface area contributed by atoms with Crippen LogP contribution in [0.1, 0.15) is 24.0 Å². The monoisotopic (exact) mass is 864 g/mol. The largest absolute Gasteiger partial charge is 0.504 e. The lowest BCUT2D eigenvalue weighted by atomic mass is 9.50. The van der Waals surface area contributed by atoms with Gasteiger partial charge in [0, 0.05) is 30.7 Å². The van der Waals surface area contributed by atoms with Crippen molar-refractivity contribution in [3.63, 3.8) is 0 Å². The van der Waals surface area contributed by atoms with E-state index in [2.05, 4.69) is 15.7 Å². The maximum Gasteiger partial charge on any atom is 0.260 e. The zero-order valence-corrected chi connectivity index (χ0v) is 35.2. The third-order valence-electron chi connectivity index (χ3n) is 12.8. The number of nitrogens with zero attached hydrogens (tertiary/aromatic N) is 5. The third kappa shape index (κ3) is 7.11. The molecule has 4 aliphatic rings. The first kappa shape index (κ1) is 41.2. The minimum atomic E-state index is -1.54. The lowest BCUT2D eigenvalue weighted by molar-refractivity contribution is -0.139. The summed E-state index contributed by atoms with van der Waals surface area (Å²) < 4.78 is 19.4. The van der Waals surface area contributed by atoms with Gasteiger partial charge in [-0.25, -0.2) is 4.39 Å². The fourth-order valence-corrected chi connectivity index (χ4v) is 9.89. The first-order valence-electron chi connectivity index (χ1n) is 20.5. The van der Waals surface area contributed by atoms with Gasteiger partial charge in [0.15, 0.2) is 11.5 Å². The smallest absolute Gasteiger partial charge is 0.260 e. The van der Waals surface area contributed by atoms with Crippen molar-refractivity contribution in [3.8, 4) is 11.5 Å². The highest BCUT2D eigenvalue weighted by Gasteiger charge is 2.69. The SMILES string of the molecule is COc1cc(C=CC2C3=CCC4C(=O)N(c5ccc(N=Nc6ccc(N(C)C)cc6)cc5)C(=O)C4C3CC3C(=O)N(Nc4ccc(F)cc4)C(=O)C23c2ccc(Cl)cc2)ccc1O. The molecule has 0 aromatic heterocycles. The molecule has 6 atom stereocenters. The molecule has 5 aromatic carbocycles. The molecule has 318 valence electrons. The van der Waals surface area contributed by atoms with E-state index in [-0.39, 0.29) is 36.2 Å². The number of hydrogen-bond acceptors (Lipinski definition) is 10. The van der Waals surface area contributed by atoms with Gasteiger partial charge >= 0.3 is 0 Å². The highest BCUT2D eigenvalue weighted by Crippen LogP contribution is 2.62. The molecule has 6 unspecified atom stereocenters. The van der Waals surface area contributed by atoms with Crippen molar-refractivity contribution >= 4 is 69.7 Å². The van der Waals surface area contributed by atoms with Gasteiger partial charge in [-0.05, 0) is 127 Å². The number of imide groups is 2. The highest BCUT2D eigenvalue weighted by atomic mass is 35.5. The zero-order chi connectivity index (χ0) is 44.2. The maximum atomic E-state index is 15.3. The van der Waals surface area contributed by atoms with Crippen LogP contribution in [-0.4, -0.2) is 54.9 Å². The molecule has 63 heavy (non-hydrogen) atoms. The topological polar surface area (TPSA) is 144 Å². The lowest BCUT2D eigenvalue weighted by Crippen LogP contribution is -2.54. The van der Waals surface area contributed by atoms with E-state index >= 15 is 4.79 Å². The summed E-state index contributed by atoms with van der Waals surface area (Å²) in [5.41, 5.74) is 6.30. The number of benzene rings is 5. The van der Waals surface area contributed by atoms with Crippen LogP contribution in [0.4, 0.5) is 32.8 Å². The molecule has 12 nitrogen and oxygen atoms in total. The molecule has 5 aromatic rings. The molecule has 2 aliphatic heterocycles. The quantitative estimate of drug-likeness (QED) is 0.0803. The van der Waals surface area contributed by atoms with Gasteiger partial charge in [0.1, 0.15) is 5.82 Å². The summed E-state index contributed by atoms with van der Waals surface area (Å²) in [6.07, 6.45) is 5.94. The summed E-state index contributed by atoms with van der Waals surface area (Å²) in [7, 11) is 5.35. The van der Waals surface area contributed by atoms with Crippen LogP contribution in [0.2, 0.25) is 5.02 Å². The molecule has 2 heterocycles. The number of phenols is 1. The Balaban J connectivity index is 1.10. The summed E-state index contributed by atoms with van der Waals surface area (Å²) >= 11 is 6.40. The molecule has 0 bridgehead atoms. The zero-order valence-electron chi connectivity index (χ0n) is 34.5. The van der Waals surface area contributed by atoms with Gasteiger partial charge in [-0.2, -0.15) is 15.2 Å². The highest BCUT2D eigenvalue weighted by molar-refractivity contribution is 6.30. The number of amides is 4. The maximum absolute atomic E-state index is 15.3. The number of allylic oxidation sites excluding steroid dienone is 3. The fraction of sp³-hybridized carbons (Fsp3) is 0.224. The van der Waals surface area contributed by atoms with Crippen LogP contribution in [0, 0.1) is 35.4 Å². The molecule has 4 amide bonds. The number of aromatic hydroxyl groups is 1. The second-order valence-corrected chi connectivity index (χ2v) is 16.8. The van der Waals surface area contributed by atoms with Crippen LogP contribution < -0.4 is 20.0 Å². The fourth-order valence-electron chi connectivity index (χ4n) is 9.76. The summed E-state index contributed by atoms with van der Waals surface area (Å²) in [6.45, 7) is 0. The number of hydrazine groups is 1. The van der Waals surface area contributed by atoms with Gasteiger partial charge in [0.05, 0.1) is 53.0 Å². The minimum absolute atomic E-state index is 0.0517. The predicted molar refractivity (Wildman–Crippen MR) is 237 cm³/mol. The number of carbonyl (C=O) groups excluding carboxylic acids is 4.